The second kappa shape index (κ2) is 9.61. The number of anilines is 1. The van der Waals surface area contributed by atoms with Gasteiger partial charge in [-0.05, 0) is 44.4 Å². The Morgan fingerprint density at radius 1 is 1.18 bits per heavy atom. The largest absolute Gasteiger partial charge is 0.464 e. The van der Waals surface area contributed by atoms with Crippen LogP contribution in [0, 0.1) is 0 Å². The van der Waals surface area contributed by atoms with Crippen LogP contribution in [0.5, 0.6) is 0 Å². The topological polar surface area (TPSA) is 119 Å². The number of carbonyl (C=O) groups excluding carboxylic acids is 1. The van der Waals surface area contributed by atoms with Gasteiger partial charge in [0.05, 0.1) is 17.4 Å². The van der Waals surface area contributed by atoms with Crippen LogP contribution >= 0.6 is 11.3 Å². The van der Waals surface area contributed by atoms with E-state index >= 15 is 0 Å². The zero-order valence-electron chi connectivity index (χ0n) is 18.3. The molecule has 3 aromatic rings. The Morgan fingerprint density at radius 2 is 1.88 bits per heavy atom. The molecule has 0 spiro atoms. The Bertz CT molecular complexity index is 1210. The monoisotopic (exact) mass is 491 g/mol. The van der Waals surface area contributed by atoms with Gasteiger partial charge in [0.2, 0.25) is 10.0 Å². The first-order chi connectivity index (χ1) is 15.8. The summed E-state index contributed by atoms with van der Waals surface area (Å²) >= 11 is 1.14. The number of hydrogen-bond donors (Lipinski definition) is 2. The Kier molecular flexibility index (Phi) is 6.81. The average molecular weight is 492 g/mol. The number of rotatable bonds is 7. The number of carbonyl (C=O) groups is 1. The van der Waals surface area contributed by atoms with E-state index in [1.54, 1.807) is 36.0 Å². The molecule has 1 aliphatic heterocycles. The lowest BCUT2D eigenvalue weighted by Crippen LogP contribution is -2.48. The maximum Gasteiger partial charge on any atom is 0.286 e. The minimum Gasteiger partial charge on any atom is -0.464 e. The van der Waals surface area contributed by atoms with Crippen LogP contribution in [0.3, 0.4) is 0 Å². The van der Waals surface area contributed by atoms with Gasteiger partial charge in [-0.15, -0.1) is 0 Å². The molecule has 1 aliphatic rings. The molecule has 176 valence electrons. The molecule has 2 N–H and O–H groups in total. The summed E-state index contributed by atoms with van der Waals surface area (Å²) in [4.78, 5) is 20.2. The van der Waals surface area contributed by atoms with Gasteiger partial charge in [-0.3, -0.25) is 10.0 Å². The zero-order chi connectivity index (χ0) is 23.6. The number of amides is 1. The molecule has 12 heteroatoms. The lowest BCUT2D eigenvalue weighted by molar-refractivity contribution is 0.0710. The first kappa shape index (κ1) is 23.4. The predicted molar refractivity (Wildman–Crippen MR) is 124 cm³/mol. The van der Waals surface area contributed by atoms with Gasteiger partial charge in [-0.1, -0.05) is 11.3 Å². The second-order valence-corrected chi connectivity index (χ2v) is 10.8. The third-order valence-corrected chi connectivity index (χ3v) is 8.29. The van der Waals surface area contributed by atoms with Crippen LogP contribution < -0.4 is 10.4 Å². The first-order valence-corrected chi connectivity index (χ1v) is 12.5. The van der Waals surface area contributed by atoms with Gasteiger partial charge in [-0.2, -0.15) is 4.31 Å². The summed E-state index contributed by atoms with van der Waals surface area (Å²) in [6, 6.07) is 8.68. The number of sulfonamides is 1. The Balaban J connectivity index is 1.43. The standard InChI is InChI=1S/C21H25N5O5S2/c1-24(2)14-16-7-12-31-19(16)15-3-5-17(6-4-15)33(29,30)26-10-8-25(9-11-26)21-22-13-18(32-21)20(27)23-28/h3-7,12-13,28H,8-11,14H2,1-2H3,(H,23,27). The van der Waals surface area contributed by atoms with Crippen LogP contribution in [0.15, 0.2) is 52.1 Å². The number of aromatic nitrogens is 1. The fourth-order valence-corrected chi connectivity index (χ4v) is 5.95. The van der Waals surface area contributed by atoms with Crippen molar-refractivity contribution in [3.05, 3.63) is 53.2 Å². The summed E-state index contributed by atoms with van der Waals surface area (Å²) in [5.74, 6) is 0.116. The number of nitrogens with one attached hydrogen (secondary N) is 1. The van der Waals surface area contributed by atoms with Crippen molar-refractivity contribution in [1.82, 2.24) is 19.7 Å². The van der Waals surface area contributed by atoms with Crippen LogP contribution in [0.1, 0.15) is 15.2 Å². The molecular formula is C21H25N5O5S2. The molecule has 0 aliphatic carbocycles. The van der Waals surface area contributed by atoms with E-state index in [4.69, 9.17) is 9.62 Å². The van der Waals surface area contributed by atoms with Crippen LogP contribution in [-0.4, -0.2) is 74.0 Å². The molecule has 3 heterocycles. The van der Waals surface area contributed by atoms with Crippen LogP contribution in [0.25, 0.3) is 11.3 Å². The molecule has 33 heavy (non-hydrogen) atoms. The molecule has 10 nitrogen and oxygen atoms in total. The van der Waals surface area contributed by atoms with Crippen molar-refractivity contribution in [3.8, 4) is 11.3 Å². The van der Waals surface area contributed by atoms with Crippen LogP contribution in [-0.2, 0) is 16.6 Å². The summed E-state index contributed by atoms with van der Waals surface area (Å²) in [5, 5.41) is 9.36. The highest BCUT2D eigenvalue weighted by Gasteiger charge is 2.29. The van der Waals surface area contributed by atoms with Crippen LogP contribution in [0.4, 0.5) is 5.13 Å². The van der Waals surface area contributed by atoms with E-state index in [-0.39, 0.29) is 9.77 Å². The molecule has 1 saturated heterocycles. The highest BCUT2D eigenvalue weighted by Crippen LogP contribution is 2.29. The highest BCUT2D eigenvalue weighted by molar-refractivity contribution is 7.89. The Labute approximate surface area is 196 Å². The Hall–Kier alpha value is -2.77. The summed E-state index contributed by atoms with van der Waals surface area (Å²) < 4.78 is 33.4. The summed E-state index contributed by atoms with van der Waals surface area (Å²) in [5.41, 5.74) is 3.45. The molecule has 4 rings (SSSR count). The first-order valence-electron chi connectivity index (χ1n) is 10.3. The summed E-state index contributed by atoms with van der Waals surface area (Å²) in [6.45, 7) is 2.23. The minimum absolute atomic E-state index is 0.233. The molecule has 0 bridgehead atoms. The minimum atomic E-state index is -3.64. The van der Waals surface area contributed by atoms with Crippen molar-refractivity contribution < 1.29 is 22.8 Å². The summed E-state index contributed by atoms with van der Waals surface area (Å²) in [6.07, 6.45) is 3.03. The molecule has 1 aromatic carbocycles. The molecule has 2 aromatic heterocycles. The van der Waals surface area contributed by atoms with Gasteiger partial charge in [-0.25, -0.2) is 18.9 Å². The predicted octanol–water partition coefficient (Wildman–Crippen LogP) is 2.09. The van der Waals surface area contributed by atoms with E-state index in [1.807, 2.05) is 30.0 Å². The molecule has 0 atom stereocenters. The fourth-order valence-electron chi connectivity index (χ4n) is 3.67. The number of nitrogens with zero attached hydrogens (tertiary/aromatic N) is 4. The highest BCUT2D eigenvalue weighted by atomic mass is 32.2. The van der Waals surface area contributed by atoms with Crippen molar-refractivity contribution in [2.75, 3.05) is 45.2 Å². The van der Waals surface area contributed by atoms with E-state index < -0.39 is 15.9 Å². The van der Waals surface area contributed by atoms with Crippen molar-refractivity contribution in [1.29, 1.82) is 0 Å². The third kappa shape index (κ3) is 4.94. The fraction of sp³-hybridized carbons (Fsp3) is 0.333. The van der Waals surface area contributed by atoms with Gasteiger partial charge in [0, 0.05) is 43.9 Å². The maximum atomic E-state index is 13.2. The maximum absolute atomic E-state index is 13.2. The number of thiazole rings is 1. The van der Waals surface area contributed by atoms with E-state index in [0.717, 1.165) is 34.8 Å². The van der Waals surface area contributed by atoms with Crippen LogP contribution in [0.2, 0.25) is 0 Å². The zero-order valence-corrected chi connectivity index (χ0v) is 19.9. The van der Waals surface area contributed by atoms with E-state index in [2.05, 4.69) is 4.98 Å². The Morgan fingerprint density at radius 3 is 2.52 bits per heavy atom. The average Bonchev–Trinajstić information content (AvgIpc) is 3.48. The number of hydroxylamine groups is 1. The van der Waals surface area contributed by atoms with Gasteiger partial charge in [0.1, 0.15) is 10.6 Å². The lowest BCUT2D eigenvalue weighted by Gasteiger charge is -2.33. The molecular weight excluding hydrogens is 466 g/mol. The normalized spacial score (nSPS) is 15.2. The van der Waals surface area contributed by atoms with Gasteiger partial charge >= 0.3 is 0 Å². The van der Waals surface area contributed by atoms with Crippen molar-refractivity contribution in [3.63, 3.8) is 0 Å². The van der Waals surface area contributed by atoms with E-state index in [9.17, 15) is 13.2 Å². The number of piperazine rings is 1. The molecule has 0 saturated carbocycles. The van der Waals surface area contributed by atoms with E-state index in [1.165, 1.54) is 10.5 Å². The SMILES string of the molecule is CN(C)Cc1ccoc1-c1ccc(S(=O)(=O)N2CCN(c3ncc(C(=O)NO)s3)CC2)cc1. The molecule has 1 amide bonds. The summed E-state index contributed by atoms with van der Waals surface area (Å²) in [7, 11) is 0.314. The quantitative estimate of drug-likeness (QED) is 0.381. The van der Waals surface area contributed by atoms with Gasteiger partial charge in [0.25, 0.3) is 5.91 Å². The lowest BCUT2D eigenvalue weighted by atomic mass is 10.1. The number of furan rings is 1. The number of hydrogen-bond acceptors (Lipinski definition) is 9. The molecule has 0 radical (unpaired) electrons. The third-order valence-electron chi connectivity index (χ3n) is 5.32. The van der Waals surface area contributed by atoms with Crippen molar-refractivity contribution in [2.24, 2.45) is 0 Å². The van der Waals surface area contributed by atoms with Crippen molar-refractivity contribution in [2.45, 2.75) is 11.4 Å². The van der Waals surface area contributed by atoms with Gasteiger partial charge in [0.15, 0.2) is 5.13 Å². The molecule has 0 unspecified atom stereocenters. The van der Waals surface area contributed by atoms with Gasteiger partial charge < -0.3 is 14.2 Å². The molecule has 1 fully saturated rings. The van der Waals surface area contributed by atoms with E-state index in [0.29, 0.717) is 31.3 Å². The number of benzene rings is 1. The smallest absolute Gasteiger partial charge is 0.286 e. The second-order valence-electron chi connectivity index (χ2n) is 7.88. The van der Waals surface area contributed by atoms with Crippen molar-refractivity contribution >= 4 is 32.4 Å².